The molecule has 2 N–H and O–H groups in total. The smallest absolute Gasteiger partial charge is 0.433 e. The van der Waals surface area contributed by atoms with Crippen molar-refractivity contribution in [2.24, 2.45) is 0 Å². The van der Waals surface area contributed by atoms with Crippen LogP contribution in [0.15, 0.2) is 24.5 Å². The standard InChI is InChI=1S/C9H9F3N2O2/c1-6(5-14(15)16)7-2-3-8(13-4-7)9(10,11)12/h2-5,14-15H,1H3/b6-5+. The Morgan fingerprint density at radius 1 is 1.50 bits per heavy atom. The van der Waals surface area contributed by atoms with Crippen molar-refractivity contribution in [2.75, 3.05) is 0 Å². The molecule has 88 valence electrons. The lowest BCUT2D eigenvalue weighted by molar-refractivity contribution is -1.00. The maximum Gasteiger partial charge on any atom is 0.433 e. The largest absolute Gasteiger partial charge is 0.595 e. The number of halogens is 3. The first-order chi connectivity index (χ1) is 7.30. The summed E-state index contributed by atoms with van der Waals surface area (Å²) in [7, 11) is 0. The lowest BCUT2D eigenvalue weighted by Crippen LogP contribution is -2.99. The number of allylic oxidation sites excluding steroid dienone is 1. The molecule has 1 rings (SSSR count). The van der Waals surface area contributed by atoms with E-state index in [0.717, 1.165) is 18.5 Å². The highest BCUT2D eigenvalue weighted by molar-refractivity contribution is 5.61. The minimum atomic E-state index is -4.48. The van der Waals surface area contributed by atoms with Crippen LogP contribution >= 0.6 is 0 Å². The first-order valence-corrected chi connectivity index (χ1v) is 4.25. The Kier molecular flexibility index (Phi) is 3.63. The summed E-state index contributed by atoms with van der Waals surface area (Å²) in [6.07, 6.45) is -2.58. The molecule has 0 amide bonds. The molecular formula is C9H9F3N2O2. The molecule has 1 unspecified atom stereocenters. The van der Waals surface area contributed by atoms with Gasteiger partial charge in [0.25, 0.3) is 0 Å². The fraction of sp³-hybridized carbons (Fsp3) is 0.222. The highest BCUT2D eigenvalue weighted by atomic mass is 19.4. The zero-order valence-electron chi connectivity index (χ0n) is 8.25. The Bertz CT molecular complexity index is 385. The number of nitrogens with zero attached hydrogens (tertiary/aromatic N) is 1. The molecule has 0 saturated carbocycles. The van der Waals surface area contributed by atoms with Crippen LogP contribution in [0.25, 0.3) is 5.57 Å². The van der Waals surface area contributed by atoms with Crippen LogP contribution in [0, 0.1) is 5.21 Å². The van der Waals surface area contributed by atoms with Gasteiger partial charge in [-0.05, 0) is 13.0 Å². The third kappa shape index (κ3) is 3.30. The Morgan fingerprint density at radius 2 is 2.12 bits per heavy atom. The molecular weight excluding hydrogens is 225 g/mol. The van der Waals surface area contributed by atoms with Gasteiger partial charge < -0.3 is 5.21 Å². The molecule has 0 aliphatic carbocycles. The van der Waals surface area contributed by atoms with Crippen molar-refractivity contribution in [3.05, 3.63) is 41.0 Å². The van der Waals surface area contributed by atoms with Crippen LogP contribution in [-0.2, 0) is 6.18 Å². The summed E-state index contributed by atoms with van der Waals surface area (Å²) in [6.45, 7) is 1.48. The van der Waals surface area contributed by atoms with Gasteiger partial charge in [0.2, 0.25) is 0 Å². The summed E-state index contributed by atoms with van der Waals surface area (Å²) in [5.41, 5.74) is -0.316. The van der Waals surface area contributed by atoms with Gasteiger partial charge in [-0.2, -0.15) is 13.2 Å². The average molecular weight is 234 g/mol. The summed E-state index contributed by atoms with van der Waals surface area (Å²) < 4.78 is 36.5. The zero-order chi connectivity index (χ0) is 12.3. The van der Waals surface area contributed by atoms with E-state index in [-0.39, 0.29) is 0 Å². The van der Waals surface area contributed by atoms with E-state index in [9.17, 15) is 18.4 Å². The van der Waals surface area contributed by atoms with E-state index in [4.69, 9.17) is 5.21 Å². The molecule has 0 bridgehead atoms. The van der Waals surface area contributed by atoms with Crippen LogP contribution in [-0.4, -0.2) is 10.2 Å². The van der Waals surface area contributed by atoms with Crippen molar-refractivity contribution in [3.8, 4) is 0 Å². The van der Waals surface area contributed by atoms with Crippen LogP contribution in [0.4, 0.5) is 13.2 Å². The van der Waals surface area contributed by atoms with E-state index in [1.807, 2.05) is 0 Å². The number of nitrogens with one attached hydrogen (secondary N) is 1. The third-order valence-electron chi connectivity index (χ3n) is 1.85. The number of hydroxylamine groups is 2. The number of aromatic nitrogens is 1. The SMILES string of the molecule is C/C(=C\[NH+]([O-])O)c1ccc(C(F)(F)F)nc1. The van der Waals surface area contributed by atoms with Gasteiger partial charge in [-0.25, -0.2) is 10.4 Å². The van der Waals surface area contributed by atoms with Crippen molar-refractivity contribution < 1.29 is 23.6 Å². The lowest BCUT2D eigenvalue weighted by atomic mass is 10.1. The maximum atomic E-state index is 12.2. The molecule has 16 heavy (non-hydrogen) atoms. The van der Waals surface area contributed by atoms with Gasteiger partial charge in [-0.3, -0.25) is 4.98 Å². The topological polar surface area (TPSA) is 60.6 Å². The van der Waals surface area contributed by atoms with Crippen LogP contribution in [0.5, 0.6) is 0 Å². The molecule has 0 spiro atoms. The Labute approximate surface area is 89.2 Å². The van der Waals surface area contributed by atoms with Crippen LogP contribution in [0.1, 0.15) is 18.2 Å². The lowest BCUT2D eigenvalue weighted by Gasteiger charge is -2.09. The van der Waals surface area contributed by atoms with Gasteiger partial charge in [-0.15, -0.1) is 0 Å². The number of rotatable bonds is 2. The molecule has 0 radical (unpaired) electrons. The van der Waals surface area contributed by atoms with Crippen LogP contribution < -0.4 is 5.23 Å². The van der Waals surface area contributed by atoms with E-state index >= 15 is 0 Å². The molecule has 0 saturated heterocycles. The molecule has 1 heterocycles. The van der Waals surface area contributed by atoms with Gasteiger partial charge in [0, 0.05) is 17.3 Å². The fourth-order valence-electron chi connectivity index (χ4n) is 1.06. The monoisotopic (exact) mass is 234 g/mol. The van der Waals surface area contributed by atoms with Crippen molar-refractivity contribution in [2.45, 2.75) is 13.1 Å². The summed E-state index contributed by atoms with van der Waals surface area (Å²) >= 11 is 0. The van der Waals surface area contributed by atoms with Crippen LogP contribution in [0.3, 0.4) is 0 Å². The summed E-state index contributed by atoms with van der Waals surface area (Å²) in [5.74, 6) is 0. The maximum absolute atomic E-state index is 12.2. The van der Waals surface area contributed by atoms with Crippen LogP contribution in [0.2, 0.25) is 0 Å². The third-order valence-corrected chi connectivity index (χ3v) is 1.85. The van der Waals surface area contributed by atoms with Crippen molar-refractivity contribution in [1.82, 2.24) is 4.98 Å². The predicted octanol–water partition coefficient (Wildman–Crippen LogP) is 1.23. The number of quaternary nitrogens is 1. The summed E-state index contributed by atoms with van der Waals surface area (Å²) in [6, 6.07) is 2.00. The van der Waals surface area contributed by atoms with E-state index < -0.39 is 17.1 Å². The quantitative estimate of drug-likeness (QED) is 0.756. The Hall–Kier alpha value is -1.44. The number of hydrogen-bond donors (Lipinski definition) is 2. The molecule has 7 heteroatoms. The predicted molar refractivity (Wildman–Crippen MR) is 49.0 cm³/mol. The molecule has 1 aromatic heterocycles. The minimum Gasteiger partial charge on any atom is -0.595 e. The molecule has 1 aromatic rings. The second-order valence-electron chi connectivity index (χ2n) is 3.10. The second kappa shape index (κ2) is 4.60. The fourth-order valence-corrected chi connectivity index (χ4v) is 1.06. The molecule has 1 atom stereocenters. The minimum absolute atomic E-state index is 0.341. The van der Waals surface area contributed by atoms with Crippen molar-refractivity contribution in [3.63, 3.8) is 0 Å². The van der Waals surface area contributed by atoms with Gasteiger partial charge in [0.1, 0.15) is 11.9 Å². The van der Waals surface area contributed by atoms with Gasteiger partial charge in [0.05, 0.1) is 0 Å². The van der Waals surface area contributed by atoms with Gasteiger partial charge in [-0.1, -0.05) is 6.07 Å². The molecule has 0 aromatic carbocycles. The van der Waals surface area contributed by atoms with E-state index in [2.05, 4.69) is 4.98 Å². The molecule has 0 aliphatic rings. The summed E-state index contributed by atoms with van der Waals surface area (Å²) in [5, 5.41) is 17.6. The highest BCUT2D eigenvalue weighted by Gasteiger charge is 2.32. The average Bonchev–Trinajstić information content (AvgIpc) is 2.15. The molecule has 0 fully saturated rings. The first kappa shape index (κ1) is 12.6. The Morgan fingerprint density at radius 3 is 2.50 bits per heavy atom. The zero-order valence-corrected chi connectivity index (χ0v) is 8.25. The number of alkyl halides is 3. The number of pyridine rings is 1. The van der Waals surface area contributed by atoms with Gasteiger partial charge >= 0.3 is 6.18 Å². The normalized spacial score (nSPS) is 15.0. The second-order valence-corrected chi connectivity index (χ2v) is 3.10. The Balaban J connectivity index is 2.96. The van der Waals surface area contributed by atoms with E-state index in [1.54, 1.807) is 0 Å². The van der Waals surface area contributed by atoms with E-state index in [0.29, 0.717) is 11.1 Å². The van der Waals surface area contributed by atoms with E-state index in [1.165, 1.54) is 13.0 Å². The molecule has 4 nitrogen and oxygen atoms in total. The molecule has 0 aliphatic heterocycles. The van der Waals surface area contributed by atoms with Gasteiger partial charge in [0.15, 0.2) is 0 Å². The van der Waals surface area contributed by atoms with Crippen molar-refractivity contribution >= 4 is 5.57 Å². The first-order valence-electron chi connectivity index (χ1n) is 4.25. The highest BCUT2D eigenvalue weighted by Crippen LogP contribution is 2.27. The van der Waals surface area contributed by atoms with Crippen molar-refractivity contribution in [1.29, 1.82) is 0 Å². The summed E-state index contributed by atoms with van der Waals surface area (Å²) in [4.78, 5) is 3.22. The number of hydrogen-bond acceptors (Lipinski definition) is 3.